The van der Waals surface area contributed by atoms with Gasteiger partial charge in [-0.25, -0.2) is 4.79 Å². The van der Waals surface area contributed by atoms with Crippen LogP contribution in [0.5, 0.6) is 0 Å². The van der Waals surface area contributed by atoms with Crippen molar-refractivity contribution in [3.63, 3.8) is 0 Å². The van der Waals surface area contributed by atoms with Gasteiger partial charge in [0.25, 0.3) is 5.56 Å². The van der Waals surface area contributed by atoms with Crippen molar-refractivity contribution < 1.29 is 9.90 Å². The van der Waals surface area contributed by atoms with Crippen LogP contribution in [0.15, 0.2) is 33.7 Å². The molecule has 0 amide bonds. The van der Waals surface area contributed by atoms with Crippen molar-refractivity contribution in [3.8, 4) is 0 Å². The molecular weight excluding hydrogens is 389 g/mol. The number of carboxylic acids is 1. The second-order valence-electron chi connectivity index (χ2n) is 3.12. The summed E-state index contributed by atoms with van der Waals surface area (Å²) >= 11 is 5.25. The van der Waals surface area contributed by atoms with Crippen molar-refractivity contribution in [2.45, 2.75) is 0 Å². The lowest BCUT2D eigenvalue weighted by Crippen LogP contribution is -2.22. The molecule has 0 atom stereocenters. The van der Waals surface area contributed by atoms with Gasteiger partial charge in [0.2, 0.25) is 0 Å². The molecule has 6 heteroatoms. The second kappa shape index (κ2) is 4.17. The van der Waals surface area contributed by atoms with E-state index in [0.717, 1.165) is 8.04 Å². The molecule has 1 N–H and O–H groups in total. The zero-order valence-electron chi connectivity index (χ0n) is 7.78. The van der Waals surface area contributed by atoms with Gasteiger partial charge in [-0.05, 0) is 56.7 Å². The first-order chi connectivity index (χ1) is 7.50. The summed E-state index contributed by atoms with van der Waals surface area (Å²) in [4.78, 5) is 22.7. The van der Waals surface area contributed by atoms with Gasteiger partial charge in [0.1, 0.15) is 5.56 Å². The van der Waals surface area contributed by atoms with E-state index in [-0.39, 0.29) is 5.56 Å². The van der Waals surface area contributed by atoms with Crippen molar-refractivity contribution in [1.29, 1.82) is 0 Å². The van der Waals surface area contributed by atoms with Crippen LogP contribution in [-0.2, 0) is 0 Å². The van der Waals surface area contributed by atoms with Gasteiger partial charge in [0, 0.05) is 14.2 Å². The van der Waals surface area contributed by atoms with Gasteiger partial charge in [0.15, 0.2) is 0 Å². The molecule has 0 unspecified atom stereocenters. The van der Waals surface area contributed by atoms with Crippen LogP contribution in [0.3, 0.4) is 0 Å². The largest absolute Gasteiger partial charge is 0.477 e. The molecule has 2 heterocycles. The number of carbonyl (C=O) groups is 1. The summed E-state index contributed by atoms with van der Waals surface area (Å²) < 4.78 is 2.78. The quantitative estimate of drug-likeness (QED) is 0.756. The predicted molar refractivity (Wildman–Crippen MR) is 71.0 cm³/mol. The topological polar surface area (TPSA) is 58.8 Å². The molecule has 2 aromatic heterocycles. The molecule has 16 heavy (non-hydrogen) atoms. The van der Waals surface area contributed by atoms with Gasteiger partial charge in [-0.1, -0.05) is 0 Å². The average molecular weight is 394 g/mol. The summed E-state index contributed by atoms with van der Waals surface area (Å²) in [6.07, 6.45) is 1.56. The fraction of sp³-hybridized carbons (Fsp3) is 0. The third-order valence-corrected chi connectivity index (χ3v) is 3.44. The third-order valence-electron chi connectivity index (χ3n) is 2.11. The summed E-state index contributed by atoms with van der Waals surface area (Å²) in [7, 11) is 0. The molecular formula is C10H5BrINO3. The van der Waals surface area contributed by atoms with Gasteiger partial charge in [-0.15, -0.1) is 0 Å². The van der Waals surface area contributed by atoms with Gasteiger partial charge >= 0.3 is 5.97 Å². The number of rotatable bonds is 1. The van der Waals surface area contributed by atoms with Gasteiger partial charge in [-0.2, -0.15) is 0 Å². The molecule has 0 spiro atoms. The highest BCUT2D eigenvalue weighted by atomic mass is 127. The Labute approximate surface area is 112 Å². The van der Waals surface area contributed by atoms with E-state index >= 15 is 0 Å². The van der Waals surface area contributed by atoms with E-state index in [9.17, 15) is 9.59 Å². The molecule has 82 valence electrons. The first kappa shape index (κ1) is 11.6. The summed E-state index contributed by atoms with van der Waals surface area (Å²) in [6.45, 7) is 0. The Balaban J connectivity index is 2.98. The molecule has 0 saturated carbocycles. The fourth-order valence-corrected chi connectivity index (χ4v) is 2.47. The molecule has 0 saturated heterocycles. The van der Waals surface area contributed by atoms with Crippen LogP contribution in [0.2, 0.25) is 0 Å². The number of pyridine rings is 2. The summed E-state index contributed by atoms with van der Waals surface area (Å²) in [5.41, 5.74) is -0.0528. The molecule has 0 aliphatic heterocycles. The van der Waals surface area contributed by atoms with Crippen LogP contribution in [-0.4, -0.2) is 15.5 Å². The minimum Gasteiger partial charge on any atom is -0.477 e. The smallest absolute Gasteiger partial charge is 0.341 e. The van der Waals surface area contributed by atoms with E-state index in [4.69, 9.17) is 5.11 Å². The van der Waals surface area contributed by atoms with Crippen LogP contribution < -0.4 is 5.56 Å². The molecule has 0 fully saturated rings. The number of carboxylic acid groups (broad SMARTS) is 1. The van der Waals surface area contributed by atoms with Crippen molar-refractivity contribution >= 4 is 50.0 Å². The Hall–Kier alpha value is -0.890. The standard InChI is InChI=1S/C10H5BrINO3/c11-5-1-2-8-7(12)3-6(10(15)16)9(14)13(8)4-5/h1-4H,(H,15,16). The number of fused-ring (bicyclic) bond motifs is 1. The maximum absolute atomic E-state index is 11.8. The minimum absolute atomic E-state index is 0.222. The Kier molecular flexibility index (Phi) is 3.02. The summed E-state index contributed by atoms with van der Waals surface area (Å²) in [6, 6.07) is 4.95. The van der Waals surface area contributed by atoms with Crippen LogP contribution in [0.25, 0.3) is 5.52 Å². The molecule has 0 bridgehead atoms. The first-order valence-electron chi connectivity index (χ1n) is 4.24. The van der Waals surface area contributed by atoms with Crippen molar-refractivity contribution in [2.75, 3.05) is 0 Å². The van der Waals surface area contributed by atoms with E-state index in [1.54, 1.807) is 18.3 Å². The van der Waals surface area contributed by atoms with Crippen molar-refractivity contribution in [2.24, 2.45) is 0 Å². The van der Waals surface area contributed by atoms with E-state index in [0.29, 0.717) is 5.52 Å². The molecule has 2 aromatic rings. The Morgan fingerprint density at radius 2 is 2.12 bits per heavy atom. The Morgan fingerprint density at radius 1 is 1.44 bits per heavy atom. The van der Waals surface area contributed by atoms with Gasteiger partial charge in [0.05, 0.1) is 5.52 Å². The van der Waals surface area contributed by atoms with E-state index in [1.807, 2.05) is 22.6 Å². The molecule has 4 nitrogen and oxygen atoms in total. The zero-order valence-corrected chi connectivity index (χ0v) is 11.5. The average Bonchev–Trinajstić information content (AvgIpc) is 2.22. The van der Waals surface area contributed by atoms with Crippen LogP contribution in [0.4, 0.5) is 0 Å². The SMILES string of the molecule is O=C(O)c1cc(I)c2ccc(Br)cn2c1=O. The summed E-state index contributed by atoms with van der Waals surface area (Å²) in [5, 5.41) is 8.89. The number of hydrogen-bond donors (Lipinski definition) is 1. The molecule has 0 aromatic carbocycles. The lowest BCUT2D eigenvalue weighted by Gasteiger charge is -2.05. The van der Waals surface area contributed by atoms with E-state index in [2.05, 4.69) is 15.9 Å². The third kappa shape index (κ3) is 1.86. The molecule has 2 rings (SSSR count). The normalized spacial score (nSPS) is 10.6. The maximum atomic E-state index is 11.8. The minimum atomic E-state index is -1.21. The summed E-state index contributed by atoms with van der Waals surface area (Å²) in [5.74, 6) is -1.21. The second-order valence-corrected chi connectivity index (χ2v) is 5.20. The predicted octanol–water partition coefficient (Wildman–Crippen LogP) is 2.36. The Bertz CT molecular complexity index is 650. The lowest BCUT2D eigenvalue weighted by atomic mass is 10.2. The van der Waals surface area contributed by atoms with Gasteiger partial charge in [-0.3, -0.25) is 9.20 Å². The number of halogens is 2. The van der Waals surface area contributed by atoms with Crippen molar-refractivity contribution in [1.82, 2.24) is 4.40 Å². The zero-order chi connectivity index (χ0) is 11.9. The highest BCUT2D eigenvalue weighted by Gasteiger charge is 2.13. The lowest BCUT2D eigenvalue weighted by molar-refractivity contribution is 0.0694. The highest BCUT2D eigenvalue weighted by molar-refractivity contribution is 14.1. The highest BCUT2D eigenvalue weighted by Crippen LogP contribution is 2.16. The van der Waals surface area contributed by atoms with Crippen LogP contribution >= 0.6 is 38.5 Å². The number of nitrogens with zero attached hydrogens (tertiary/aromatic N) is 1. The monoisotopic (exact) mass is 393 g/mol. The molecule has 0 aliphatic carbocycles. The van der Waals surface area contributed by atoms with E-state index < -0.39 is 11.5 Å². The number of aromatic carboxylic acids is 1. The van der Waals surface area contributed by atoms with Crippen LogP contribution in [0, 0.1) is 3.57 Å². The number of aromatic nitrogens is 1. The fourth-order valence-electron chi connectivity index (χ4n) is 1.38. The van der Waals surface area contributed by atoms with Crippen molar-refractivity contribution in [3.05, 3.63) is 48.4 Å². The molecule has 0 radical (unpaired) electrons. The van der Waals surface area contributed by atoms with Gasteiger partial charge < -0.3 is 5.11 Å². The Morgan fingerprint density at radius 3 is 2.75 bits per heavy atom. The maximum Gasteiger partial charge on any atom is 0.341 e. The molecule has 0 aliphatic rings. The first-order valence-corrected chi connectivity index (χ1v) is 6.11. The van der Waals surface area contributed by atoms with Crippen LogP contribution in [0.1, 0.15) is 10.4 Å². The van der Waals surface area contributed by atoms with E-state index in [1.165, 1.54) is 10.5 Å². The number of hydrogen-bond acceptors (Lipinski definition) is 2.